The zero-order valence-electron chi connectivity index (χ0n) is 9.76. The topological polar surface area (TPSA) is 38.0 Å². The van der Waals surface area contributed by atoms with Gasteiger partial charge in [-0.05, 0) is 37.8 Å². The van der Waals surface area contributed by atoms with E-state index in [9.17, 15) is 0 Å². The first-order chi connectivity index (χ1) is 6.81. The van der Waals surface area contributed by atoms with Crippen molar-refractivity contribution < 1.29 is 0 Å². The van der Waals surface area contributed by atoms with Crippen molar-refractivity contribution in [3.8, 4) is 0 Å². The van der Waals surface area contributed by atoms with Gasteiger partial charge in [0.15, 0.2) is 0 Å². The number of nitrogens with two attached hydrogens (primary N) is 1. The van der Waals surface area contributed by atoms with E-state index in [0.717, 1.165) is 18.4 Å². The van der Waals surface area contributed by atoms with Crippen LogP contribution in [0.25, 0.3) is 0 Å². The summed E-state index contributed by atoms with van der Waals surface area (Å²) in [6, 6.07) is 0.709. The average Bonchev–Trinajstić information content (AvgIpc) is 2.67. The Labute approximate surface area is 88.6 Å². The summed E-state index contributed by atoms with van der Waals surface area (Å²) in [6.45, 7) is 6.62. The first kappa shape index (κ1) is 12.0. The van der Waals surface area contributed by atoms with Crippen molar-refractivity contribution >= 4 is 0 Å². The Kier molecular flexibility index (Phi) is 5.49. The number of nitrogens with one attached hydrogen (secondary N) is 1. The highest BCUT2D eigenvalue weighted by molar-refractivity contribution is 4.84. The molecule has 3 N–H and O–H groups in total. The van der Waals surface area contributed by atoms with Crippen LogP contribution in [0.3, 0.4) is 0 Å². The molecule has 1 fully saturated rings. The molecule has 1 saturated carbocycles. The van der Waals surface area contributed by atoms with E-state index < -0.39 is 0 Å². The smallest absolute Gasteiger partial charge is 0.0107 e. The maximum atomic E-state index is 5.76. The van der Waals surface area contributed by atoms with Gasteiger partial charge < -0.3 is 11.1 Å². The molecular formula is C12H26N2. The van der Waals surface area contributed by atoms with Crippen molar-refractivity contribution in [2.75, 3.05) is 13.1 Å². The second kappa shape index (κ2) is 6.41. The monoisotopic (exact) mass is 198 g/mol. The minimum Gasteiger partial charge on any atom is -0.330 e. The Balaban J connectivity index is 2.22. The molecule has 0 spiro atoms. The van der Waals surface area contributed by atoms with Crippen LogP contribution >= 0.6 is 0 Å². The fraction of sp³-hybridized carbons (Fsp3) is 1.00. The Morgan fingerprint density at radius 1 is 1.29 bits per heavy atom. The van der Waals surface area contributed by atoms with Crippen LogP contribution in [0.2, 0.25) is 0 Å². The molecule has 0 radical (unpaired) electrons. The van der Waals surface area contributed by atoms with Crippen LogP contribution in [0, 0.1) is 11.8 Å². The normalized spacial score (nSPS) is 27.4. The highest BCUT2D eigenvalue weighted by atomic mass is 14.9. The summed E-state index contributed by atoms with van der Waals surface area (Å²) in [5.41, 5.74) is 5.76. The third-order valence-corrected chi connectivity index (χ3v) is 3.79. The SMILES string of the molecule is CCC(CC)CNC1CCCC1CN. The Bertz CT molecular complexity index is 143. The molecule has 0 aromatic carbocycles. The van der Waals surface area contributed by atoms with Crippen molar-refractivity contribution in [2.24, 2.45) is 17.6 Å². The molecule has 1 rings (SSSR count). The minimum absolute atomic E-state index is 0.709. The zero-order valence-corrected chi connectivity index (χ0v) is 9.76. The van der Waals surface area contributed by atoms with E-state index in [2.05, 4.69) is 19.2 Å². The lowest BCUT2D eigenvalue weighted by atomic mass is 10.0. The molecule has 0 aromatic rings. The second-order valence-corrected chi connectivity index (χ2v) is 4.62. The van der Waals surface area contributed by atoms with Gasteiger partial charge in [0.2, 0.25) is 0 Å². The lowest BCUT2D eigenvalue weighted by molar-refractivity contribution is 0.359. The number of hydrogen-bond acceptors (Lipinski definition) is 2. The number of rotatable bonds is 6. The molecule has 1 aliphatic carbocycles. The Hall–Kier alpha value is -0.0800. The Morgan fingerprint density at radius 2 is 2.00 bits per heavy atom. The fourth-order valence-electron chi connectivity index (χ4n) is 2.48. The molecular weight excluding hydrogens is 172 g/mol. The summed E-state index contributed by atoms with van der Waals surface area (Å²) in [5, 5.41) is 3.70. The summed E-state index contributed by atoms with van der Waals surface area (Å²) in [7, 11) is 0. The first-order valence-electron chi connectivity index (χ1n) is 6.25. The van der Waals surface area contributed by atoms with Crippen molar-refractivity contribution in [3.63, 3.8) is 0 Å². The van der Waals surface area contributed by atoms with Gasteiger partial charge in [0.25, 0.3) is 0 Å². The van der Waals surface area contributed by atoms with E-state index in [1.165, 1.54) is 38.6 Å². The highest BCUT2D eigenvalue weighted by Gasteiger charge is 2.25. The lowest BCUT2D eigenvalue weighted by Crippen LogP contribution is -2.38. The van der Waals surface area contributed by atoms with Crippen LogP contribution < -0.4 is 11.1 Å². The van der Waals surface area contributed by atoms with E-state index in [4.69, 9.17) is 5.73 Å². The summed E-state index contributed by atoms with van der Waals surface area (Å²) in [6.07, 6.45) is 6.62. The molecule has 0 aromatic heterocycles. The molecule has 2 nitrogen and oxygen atoms in total. The average molecular weight is 198 g/mol. The van der Waals surface area contributed by atoms with Crippen LogP contribution in [-0.2, 0) is 0 Å². The van der Waals surface area contributed by atoms with Gasteiger partial charge in [0.05, 0.1) is 0 Å². The predicted molar refractivity (Wildman–Crippen MR) is 62.3 cm³/mol. The molecule has 0 aliphatic heterocycles. The molecule has 0 saturated heterocycles. The van der Waals surface area contributed by atoms with E-state index in [1.54, 1.807) is 0 Å². The highest BCUT2D eigenvalue weighted by Crippen LogP contribution is 2.24. The molecule has 0 heterocycles. The lowest BCUT2D eigenvalue weighted by Gasteiger charge is -2.22. The molecule has 2 unspecified atom stereocenters. The maximum absolute atomic E-state index is 5.76. The van der Waals surface area contributed by atoms with Gasteiger partial charge in [0.1, 0.15) is 0 Å². The first-order valence-corrected chi connectivity index (χ1v) is 6.25. The zero-order chi connectivity index (χ0) is 10.4. The molecule has 0 bridgehead atoms. The van der Waals surface area contributed by atoms with Gasteiger partial charge >= 0.3 is 0 Å². The van der Waals surface area contributed by atoms with Crippen LogP contribution in [0.15, 0.2) is 0 Å². The van der Waals surface area contributed by atoms with Gasteiger partial charge in [0, 0.05) is 6.04 Å². The Morgan fingerprint density at radius 3 is 2.57 bits per heavy atom. The van der Waals surface area contributed by atoms with E-state index in [-0.39, 0.29) is 0 Å². The van der Waals surface area contributed by atoms with Gasteiger partial charge in [-0.25, -0.2) is 0 Å². The largest absolute Gasteiger partial charge is 0.330 e. The molecule has 84 valence electrons. The van der Waals surface area contributed by atoms with Crippen molar-refractivity contribution in [3.05, 3.63) is 0 Å². The summed E-state index contributed by atoms with van der Waals surface area (Å²) < 4.78 is 0. The second-order valence-electron chi connectivity index (χ2n) is 4.62. The molecule has 0 amide bonds. The van der Waals surface area contributed by atoms with Crippen LogP contribution in [0.1, 0.15) is 46.0 Å². The van der Waals surface area contributed by atoms with Crippen molar-refractivity contribution in [1.82, 2.24) is 5.32 Å². The summed E-state index contributed by atoms with van der Waals surface area (Å²) in [4.78, 5) is 0. The van der Waals surface area contributed by atoms with Crippen LogP contribution in [0.5, 0.6) is 0 Å². The fourth-order valence-corrected chi connectivity index (χ4v) is 2.48. The van der Waals surface area contributed by atoms with Gasteiger partial charge in [-0.2, -0.15) is 0 Å². The van der Waals surface area contributed by atoms with Crippen molar-refractivity contribution in [2.45, 2.75) is 52.0 Å². The van der Waals surface area contributed by atoms with Gasteiger partial charge in [-0.3, -0.25) is 0 Å². The standard InChI is InChI=1S/C12H26N2/c1-3-10(4-2)9-14-12-7-5-6-11(12)8-13/h10-12,14H,3-9,13H2,1-2H3. The molecule has 2 atom stereocenters. The predicted octanol–water partition coefficient (Wildman–Crippen LogP) is 2.14. The van der Waals surface area contributed by atoms with E-state index in [1.807, 2.05) is 0 Å². The molecule has 1 aliphatic rings. The molecule has 14 heavy (non-hydrogen) atoms. The molecule has 2 heteroatoms. The van der Waals surface area contributed by atoms with Crippen molar-refractivity contribution in [1.29, 1.82) is 0 Å². The van der Waals surface area contributed by atoms with Gasteiger partial charge in [-0.1, -0.05) is 33.1 Å². The van der Waals surface area contributed by atoms with E-state index >= 15 is 0 Å². The van der Waals surface area contributed by atoms with E-state index in [0.29, 0.717) is 6.04 Å². The number of hydrogen-bond donors (Lipinski definition) is 2. The maximum Gasteiger partial charge on any atom is 0.0107 e. The quantitative estimate of drug-likeness (QED) is 0.686. The minimum atomic E-state index is 0.709. The summed E-state index contributed by atoms with van der Waals surface area (Å²) >= 11 is 0. The van der Waals surface area contributed by atoms with Crippen LogP contribution in [-0.4, -0.2) is 19.1 Å². The van der Waals surface area contributed by atoms with Gasteiger partial charge in [-0.15, -0.1) is 0 Å². The third kappa shape index (κ3) is 3.25. The summed E-state index contributed by atoms with van der Waals surface area (Å²) in [5.74, 6) is 1.60. The third-order valence-electron chi connectivity index (χ3n) is 3.79. The van der Waals surface area contributed by atoms with Crippen LogP contribution in [0.4, 0.5) is 0 Å².